The van der Waals surface area contributed by atoms with Crippen LogP contribution in [0, 0.1) is 11.8 Å². The largest absolute Gasteiger partial charge is 0.383 e. The summed E-state index contributed by atoms with van der Waals surface area (Å²) in [5.74, 6) is 1.35. The summed E-state index contributed by atoms with van der Waals surface area (Å²) in [6.07, 6.45) is 3.75. The third kappa shape index (κ3) is 7.41. The SMILES string of the molecule is COCCNCC(COCC1CC1)Cc1ccc(Br)cc1. The van der Waals surface area contributed by atoms with E-state index in [0.717, 1.165) is 49.7 Å². The minimum absolute atomic E-state index is 0.516. The monoisotopic (exact) mass is 355 g/mol. The van der Waals surface area contributed by atoms with Crippen LogP contribution in [0.2, 0.25) is 0 Å². The summed E-state index contributed by atoms with van der Waals surface area (Å²) in [7, 11) is 1.74. The first kappa shape index (κ1) is 16.9. The lowest BCUT2D eigenvalue weighted by molar-refractivity contribution is 0.0898. The standard InChI is InChI=1S/C17H26BrNO2/c1-20-9-8-19-11-16(13-21-12-15-2-3-15)10-14-4-6-17(18)7-5-14/h4-7,15-16,19H,2-3,8-13H2,1H3. The molecule has 1 unspecified atom stereocenters. The molecule has 1 saturated carbocycles. The minimum atomic E-state index is 0.516. The Labute approximate surface area is 136 Å². The summed E-state index contributed by atoms with van der Waals surface area (Å²) in [5, 5.41) is 3.46. The molecule has 0 spiro atoms. The zero-order valence-corrected chi connectivity index (χ0v) is 14.4. The number of benzene rings is 1. The normalized spacial score (nSPS) is 16.1. The Balaban J connectivity index is 1.75. The first-order valence-corrected chi connectivity index (χ1v) is 8.59. The third-order valence-corrected chi connectivity index (χ3v) is 4.29. The molecule has 1 aliphatic carbocycles. The van der Waals surface area contributed by atoms with Gasteiger partial charge in [-0.25, -0.2) is 0 Å². The molecule has 0 amide bonds. The van der Waals surface area contributed by atoms with Gasteiger partial charge in [-0.2, -0.15) is 0 Å². The van der Waals surface area contributed by atoms with Crippen molar-refractivity contribution in [1.29, 1.82) is 0 Å². The predicted molar refractivity (Wildman–Crippen MR) is 89.6 cm³/mol. The van der Waals surface area contributed by atoms with Crippen LogP contribution in [0.15, 0.2) is 28.7 Å². The molecule has 0 heterocycles. The zero-order valence-electron chi connectivity index (χ0n) is 12.8. The van der Waals surface area contributed by atoms with Crippen molar-refractivity contribution < 1.29 is 9.47 Å². The van der Waals surface area contributed by atoms with Crippen LogP contribution in [0.1, 0.15) is 18.4 Å². The summed E-state index contributed by atoms with van der Waals surface area (Å²) in [6, 6.07) is 8.59. The average Bonchev–Trinajstić information content (AvgIpc) is 3.30. The van der Waals surface area contributed by atoms with E-state index in [1.54, 1.807) is 7.11 Å². The van der Waals surface area contributed by atoms with Crippen LogP contribution in [0.25, 0.3) is 0 Å². The van der Waals surface area contributed by atoms with Crippen LogP contribution in [-0.4, -0.2) is 40.0 Å². The van der Waals surface area contributed by atoms with E-state index in [1.165, 1.54) is 18.4 Å². The van der Waals surface area contributed by atoms with Crippen molar-refractivity contribution in [2.45, 2.75) is 19.3 Å². The molecule has 21 heavy (non-hydrogen) atoms. The molecule has 0 bridgehead atoms. The molecule has 1 N–H and O–H groups in total. The number of halogens is 1. The van der Waals surface area contributed by atoms with Gasteiger partial charge in [0.25, 0.3) is 0 Å². The van der Waals surface area contributed by atoms with Crippen LogP contribution < -0.4 is 5.32 Å². The summed E-state index contributed by atoms with van der Waals surface area (Å²) in [5.41, 5.74) is 1.37. The minimum Gasteiger partial charge on any atom is -0.383 e. The maximum Gasteiger partial charge on any atom is 0.0587 e. The summed E-state index contributed by atoms with van der Waals surface area (Å²) >= 11 is 3.48. The van der Waals surface area contributed by atoms with Gasteiger partial charge in [0.05, 0.1) is 13.2 Å². The number of methoxy groups -OCH3 is 1. The Kier molecular flexibility index (Phi) is 7.72. The van der Waals surface area contributed by atoms with Crippen molar-refractivity contribution in [1.82, 2.24) is 5.32 Å². The smallest absolute Gasteiger partial charge is 0.0587 e. The topological polar surface area (TPSA) is 30.5 Å². The van der Waals surface area contributed by atoms with E-state index in [9.17, 15) is 0 Å². The molecule has 3 nitrogen and oxygen atoms in total. The lowest BCUT2D eigenvalue weighted by Gasteiger charge is -2.18. The van der Waals surface area contributed by atoms with Crippen molar-refractivity contribution in [3.8, 4) is 0 Å². The van der Waals surface area contributed by atoms with Crippen molar-refractivity contribution in [3.05, 3.63) is 34.3 Å². The molecule has 0 aromatic heterocycles. The van der Waals surface area contributed by atoms with Crippen LogP contribution in [0.5, 0.6) is 0 Å². The predicted octanol–water partition coefficient (Wildman–Crippen LogP) is 3.27. The Morgan fingerprint density at radius 2 is 2.05 bits per heavy atom. The first-order valence-electron chi connectivity index (χ1n) is 7.79. The van der Waals surface area contributed by atoms with Crippen molar-refractivity contribution in [2.75, 3.05) is 40.0 Å². The van der Waals surface area contributed by atoms with Gasteiger partial charge in [-0.05, 0) is 48.8 Å². The Morgan fingerprint density at radius 3 is 2.71 bits per heavy atom. The number of nitrogens with one attached hydrogen (secondary N) is 1. The molecule has 2 rings (SSSR count). The van der Waals surface area contributed by atoms with E-state index in [1.807, 2.05) is 0 Å². The second-order valence-electron chi connectivity index (χ2n) is 5.87. The Morgan fingerprint density at radius 1 is 1.29 bits per heavy atom. The Bertz CT molecular complexity index is 392. The number of rotatable bonds is 11. The molecule has 1 aliphatic rings. The van der Waals surface area contributed by atoms with E-state index in [0.29, 0.717) is 5.92 Å². The van der Waals surface area contributed by atoms with Crippen LogP contribution in [0.3, 0.4) is 0 Å². The fraction of sp³-hybridized carbons (Fsp3) is 0.647. The lowest BCUT2D eigenvalue weighted by atomic mass is 10.00. The zero-order chi connectivity index (χ0) is 14.9. The van der Waals surface area contributed by atoms with E-state index in [-0.39, 0.29) is 0 Å². The average molecular weight is 356 g/mol. The highest BCUT2D eigenvalue weighted by molar-refractivity contribution is 9.10. The molecule has 1 fully saturated rings. The van der Waals surface area contributed by atoms with Crippen molar-refractivity contribution >= 4 is 15.9 Å². The molecule has 1 atom stereocenters. The molecule has 118 valence electrons. The highest BCUT2D eigenvalue weighted by Gasteiger charge is 2.21. The summed E-state index contributed by atoms with van der Waals surface area (Å²) < 4.78 is 12.1. The molecular formula is C17H26BrNO2. The lowest BCUT2D eigenvalue weighted by Crippen LogP contribution is -2.30. The van der Waals surface area contributed by atoms with Crippen LogP contribution in [-0.2, 0) is 15.9 Å². The molecule has 0 radical (unpaired) electrons. The first-order chi connectivity index (χ1) is 10.3. The van der Waals surface area contributed by atoms with E-state index in [2.05, 4.69) is 45.5 Å². The number of hydrogen-bond donors (Lipinski definition) is 1. The van der Waals surface area contributed by atoms with Crippen LogP contribution >= 0.6 is 15.9 Å². The van der Waals surface area contributed by atoms with Crippen molar-refractivity contribution in [2.24, 2.45) is 11.8 Å². The van der Waals surface area contributed by atoms with E-state index in [4.69, 9.17) is 9.47 Å². The fourth-order valence-electron chi connectivity index (χ4n) is 2.31. The quantitative estimate of drug-likeness (QED) is 0.618. The Hall–Kier alpha value is -0.420. The summed E-state index contributed by atoms with van der Waals surface area (Å²) in [4.78, 5) is 0. The van der Waals surface area contributed by atoms with Gasteiger partial charge in [-0.1, -0.05) is 28.1 Å². The maximum atomic E-state index is 5.89. The number of hydrogen-bond acceptors (Lipinski definition) is 3. The molecular weight excluding hydrogens is 330 g/mol. The molecule has 0 saturated heterocycles. The number of ether oxygens (including phenoxy) is 2. The van der Waals surface area contributed by atoms with Gasteiger partial charge in [0, 0.05) is 31.3 Å². The molecule has 1 aromatic carbocycles. The maximum absolute atomic E-state index is 5.89. The second-order valence-corrected chi connectivity index (χ2v) is 6.79. The highest BCUT2D eigenvalue weighted by atomic mass is 79.9. The van der Waals surface area contributed by atoms with Gasteiger partial charge in [-0.3, -0.25) is 0 Å². The van der Waals surface area contributed by atoms with E-state index >= 15 is 0 Å². The molecule has 4 heteroatoms. The summed E-state index contributed by atoms with van der Waals surface area (Å²) in [6.45, 7) is 4.41. The van der Waals surface area contributed by atoms with Gasteiger partial charge < -0.3 is 14.8 Å². The van der Waals surface area contributed by atoms with Gasteiger partial charge in [0.15, 0.2) is 0 Å². The van der Waals surface area contributed by atoms with Crippen molar-refractivity contribution in [3.63, 3.8) is 0 Å². The molecule has 0 aliphatic heterocycles. The van der Waals surface area contributed by atoms with Crippen LogP contribution in [0.4, 0.5) is 0 Å². The second kappa shape index (κ2) is 9.57. The van der Waals surface area contributed by atoms with E-state index < -0.39 is 0 Å². The third-order valence-electron chi connectivity index (χ3n) is 3.76. The van der Waals surface area contributed by atoms with Gasteiger partial charge >= 0.3 is 0 Å². The van der Waals surface area contributed by atoms with Gasteiger partial charge in [-0.15, -0.1) is 0 Å². The van der Waals surface area contributed by atoms with Gasteiger partial charge in [0.2, 0.25) is 0 Å². The molecule has 1 aromatic rings. The van der Waals surface area contributed by atoms with Gasteiger partial charge in [0.1, 0.15) is 0 Å². The fourth-order valence-corrected chi connectivity index (χ4v) is 2.57. The highest BCUT2D eigenvalue weighted by Crippen LogP contribution is 2.29.